The lowest BCUT2D eigenvalue weighted by Gasteiger charge is -2.28. The Labute approximate surface area is 127 Å². The Morgan fingerprint density at radius 1 is 1.19 bits per heavy atom. The summed E-state index contributed by atoms with van der Waals surface area (Å²) in [5.74, 6) is 1.38. The van der Waals surface area contributed by atoms with Gasteiger partial charge in [0.1, 0.15) is 5.60 Å². The van der Waals surface area contributed by atoms with Crippen LogP contribution in [0.4, 0.5) is 0 Å². The molecular weight excluding hydrogens is 266 g/mol. The van der Waals surface area contributed by atoms with E-state index < -0.39 is 5.60 Å². The third-order valence-electron chi connectivity index (χ3n) is 5.27. The van der Waals surface area contributed by atoms with Crippen LogP contribution in [0, 0.1) is 0 Å². The summed E-state index contributed by atoms with van der Waals surface area (Å²) >= 11 is 0. The maximum Gasteiger partial charge on any atom is 0.234 e. The summed E-state index contributed by atoms with van der Waals surface area (Å²) in [6.45, 7) is 4.76. The van der Waals surface area contributed by atoms with E-state index in [4.69, 9.17) is 20.0 Å². The quantitative estimate of drug-likeness (QED) is 0.815. The second kappa shape index (κ2) is 6.88. The van der Waals surface area contributed by atoms with Gasteiger partial charge in [0, 0.05) is 13.7 Å². The summed E-state index contributed by atoms with van der Waals surface area (Å²) in [5.41, 5.74) is 5.52. The number of nitrogens with zero attached hydrogens (tertiary/aromatic N) is 2. The highest BCUT2D eigenvalue weighted by Gasteiger charge is 2.40. The van der Waals surface area contributed by atoms with E-state index in [0.29, 0.717) is 18.3 Å². The van der Waals surface area contributed by atoms with Crippen LogP contribution in [0.1, 0.15) is 76.9 Å². The Balaban J connectivity index is 2.32. The van der Waals surface area contributed by atoms with Gasteiger partial charge < -0.3 is 15.0 Å². The molecule has 1 aromatic rings. The van der Waals surface area contributed by atoms with Gasteiger partial charge in [-0.3, -0.25) is 0 Å². The number of methoxy groups -OCH3 is 1. The van der Waals surface area contributed by atoms with Crippen molar-refractivity contribution in [3.63, 3.8) is 0 Å². The van der Waals surface area contributed by atoms with Gasteiger partial charge in [0.2, 0.25) is 11.7 Å². The van der Waals surface area contributed by atoms with E-state index in [-0.39, 0.29) is 5.41 Å². The van der Waals surface area contributed by atoms with Crippen LogP contribution in [-0.4, -0.2) is 23.8 Å². The number of nitrogens with two attached hydrogens (primary N) is 1. The number of hydrogen-bond acceptors (Lipinski definition) is 5. The van der Waals surface area contributed by atoms with Gasteiger partial charge in [-0.2, -0.15) is 4.98 Å². The molecule has 1 aliphatic rings. The molecule has 1 heterocycles. The molecule has 5 heteroatoms. The van der Waals surface area contributed by atoms with Gasteiger partial charge in [-0.05, 0) is 25.7 Å². The molecule has 0 unspecified atom stereocenters. The van der Waals surface area contributed by atoms with Crippen molar-refractivity contribution in [2.75, 3.05) is 13.7 Å². The van der Waals surface area contributed by atoms with Crippen molar-refractivity contribution < 1.29 is 9.26 Å². The lowest BCUT2D eigenvalue weighted by atomic mass is 9.80. The molecule has 21 heavy (non-hydrogen) atoms. The van der Waals surface area contributed by atoms with Crippen LogP contribution < -0.4 is 5.73 Å². The van der Waals surface area contributed by atoms with E-state index in [2.05, 4.69) is 19.0 Å². The Morgan fingerprint density at radius 3 is 2.29 bits per heavy atom. The molecule has 0 spiro atoms. The van der Waals surface area contributed by atoms with Crippen LogP contribution in [0.15, 0.2) is 4.52 Å². The maximum atomic E-state index is 6.10. The molecule has 0 radical (unpaired) electrons. The fourth-order valence-corrected chi connectivity index (χ4v) is 3.48. The van der Waals surface area contributed by atoms with E-state index in [1.165, 1.54) is 25.7 Å². The number of rotatable bonds is 6. The van der Waals surface area contributed by atoms with Crippen molar-refractivity contribution in [2.45, 2.75) is 76.2 Å². The lowest BCUT2D eigenvalue weighted by molar-refractivity contribution is -0.0306. The Bertz CT molecular complexity index is 424. The minimum atomic E-state index is -0.442. The Hall–Kier alpha value is -0.940. The molecule has 0 aliphatic heterocycles. The van der Waals surface area contributed by atoms with Gasteiger partial charge in [-0.15, -0.1) is 0 Å². The van der Waals surface area contributed by atoms with Crippen LogP contribution in [-0.2, 0) is 15.8 Å². The smallest absolute Gasteiger partial charge is 0.234 e. The van der Waals surface area contributed by atoms with E-state index >= 15 is 0 Å². The first-order valence-corrected chi connectivity index (χ1v) is 8.26. The lowest BCUT2D eigenvalue weighted by Crippen LogP contribution is -2.35. The molecule has 2 rings (SSSR count). The molecule has 0 saturated heterocycles. The molecule has 120 valence electrons. The molecule has 0 amide bonds. The number of aromatic nitrogens is 2. The van der Waals surface area contributed by atoms with E-state index in [1.54, 1.807) is 7.11 Å². The molecule has 1 fully saturated rings. The first kappa shape index (κ1) is 16.4. The van der Waals surface area contributed by atoms with Gasteiger partial charge in [-0.25, -0.2) is 0 Å². The van der Waals surface area contributed by atoms with Crippen molar-refractivity contribution >= 4 is 0 Å². The summed E-state index contributed by atoms with van der Waals surface area (Å²) in [6.07, 6.45) is 8.66. The second-order valence-electron chi connectivity index (χ2n) is 6.23. The van der Waals surface area contributed by atoms with E-state index in [9.17, 15) is 0 Å². The largest absolute Gasteiger partial charge is 0.370 e. The van der Waals surface area contributed by atoms with Gasteiger partial charge in [0.05, 0.1) is 5.41 Å². The zero-order chi connectivity index (χ0) is 15.3. The summed E-state index contributed by atoms with van der Waals surface area (Å²) in [5, 5.41) is 4.23. The van der Waals surface area contributed by atoms with Crippen molar-refractivity contribution in [1.82, 2.24) is 10.1 Å². The predicted molar refractivity (Wildman–Crippen MR) is 82.0 cm³/mol. The van der Waals surface area contributed by atoms with Crippen LogP contribution in [0.25, 0.3) is 0 Å². The average molecular weight is 295 g/mol. The third-order valence-corrected chi connectivity index (χ3v) is 5.27. The average Bonchev–Trinajstić information content (AvgIpc) is 2.90. The van der Waals surface area contributed by atoms with Gasteiger partial charge in [-0.1, -0.05) is 44.7 Å². The van der Waals surface area contributed by atoms with Crippen molar-refractivity contribution in [3.8, 4) is 0 Å². The fourth-order valence-electron chi connectivity index (χ4n) is 3.48. The number of ether oxygens (including phenoxy) is 1. The standard InChI is InChI=1S/C16H29N3O2/c1-4-16(5-2,20-3)13-18-14(21-19-13)15(12-17)10-8-6-7-9-11-15/h4-12,17H2,1-3H3. The van der Waals surface area contributed by atoms with Crippen LogP contribution in [0.5, 0.6) is 0 Å². The topological polar surface area (TPSA) is 74.2 Å². The van der Waals surface area contributed by atoms with Crippen molar-refractivity contribution in [1.29, 1.82) is 0 Å². The zero-order valence-electron chi connectivity index (χ0n) is 13.7. The van der Waals surface area contributed by atoms with Crippen LogP contribution in [0.3, 0.4) is 0 Å². The normalized spacial score (nSPS) is 19.4. The highest BCUT2D eigenvalue weighted by Crippen LogP contribution is 2.38. The maximum absolute atomic E-state index is 6.10. The van der Waals surface area contributed by atoms with Crippen molar-refractivity contribution in [3.05, 3.63) is 11.7 Å². The molecule has 2 N–H and O–H groups in total. The number of hydrogen-bond donors (Lipinski definition) is 1. The molecule has 5 nitrogen and oxygen atoms in total. The molecular formula is C16H29N3O2. The monoisotopic (exact) mass is 295 g/mol. The minimum absolute atomic E-state index is 0.136. The Morgan fingerprint density at radius 2 is 1.81 bits per heavy atom. The molecule has 1 aliphatic carbocycles. The van der Waals surface area contributed by atoms with Gasteiger partial charge >= 0.3 is 0 Å². The fraction of sp³-hybridized carbons (Fsp3) is 0.875. The molecule has 1 aromatic heterocycles. The molecule has 0 aromatic carbocycles. The second-order valence-corrected chi connectivity index (χ2v) is 6.23. The van der Waals surface area contributed by atoms with Gasteiger partial charge in [0.15, 0.2) is 0 Å². The molecule has 0 atom stereocenters. The first-order chi connectivity index (χ1) is 10.2. The van der Waals surface area contributed by atoms with Crippen molar-refractivity contribution in [2.24, 2.45) is 5.73 Å². The summed E-state index contributed by atoms with van der Waals surface area (Å²) < 4.78 is 11.3. The molecule has 0 bridgehead atoms. The zero-order valence-corrected chi connectivity index (χ0v) is 13.7. The van der Waals surface area contributed by atoms with Crippen LogP contribution in [0.2, 0.25) is 0 Å². The summed E-state index contributed by atoms with van der Waals surface area (Å²) in [6, 6.07) is 0. The summed E-state index contributed by atoms with van der Waals surface area (Å²) in [4.78, 5) is 4.72. The molecule has 1 saturated carbocycles. The van der Waals surface area contributed by atoms with E-state index in [1.807, 2.05) is 0 Å². The predicted octanol–water partition coefficient (Wildman–Crippen LogP) is 3.28. The highest BCUT2D eigenvalue weighted by atomic mass is 16.5. The first-order valence-electron chi connectivity index (χ1n) is 8.26. The minimum Gasteiger partial charge on any atom is -0.370 e. The summed E-state index contributed by atoms with van der Waals surface area (Å²) in [7, 11) is 1.72. The van der Waals surface area contributed by atoms with Gasteiger partial charge in [0.25, 0.3) is 0 Å². The SMILES string of the molecule is CCC(CC)(OC)c1noc(C2(CN)CCCCCC2)n1. The van der Waals surface area contributed by atoms with Crippen LogP contribution >= 0.6 is 0 Å². The third kappa shape index (κ3) is 2.99. The van der Waals surface area contributed by atoms with E-state index in [0.717, 1.165) is 25.7 Å². The highest BCUT2D eigenvalue weighted by molar-refractivity contribution is 5.10. The Kier molecular flexibility index (Phi) is 5.38.